The molecule has 31 heavy (non-hydrogen) atoms. The van der Waals surface area contributed by atoms with Crippen LogP contribution in [0.5, 0.6) is 5.75 Å². The van der Waals surface area contributed by atoms with E-state index in [9.17, 15) is 19.1 Å². The quantitative estimate of drug-likeness (QED) is 0.362. The van der Waals surface area contributed by atoms with Crippen molar-refractivity contribution in [1.29, 1.82) is 0 Å². The molecule has 0 radical (unpaired) electrons. The van der Waals surface area contributed by atoms with Crippen molar-refractivity contribution in [3.8, 4) is 5.75 Å². The maximum absolute atomic E-state index is 13.3. The van der Waals surface area contributed by atoms with E-state index in [-0.39, 0.29) is 23.4 Å². The van der Waals surface area contributed by atoms with E-state index in [1.54, 1.807) is 36.4 Å². The Labute approximate surface area is 178 Å². The highest BCUT2D eigenvalue weighted by atomic mass is 19.1. The maximum atomic E-state index is 13.3. The van der Waals surface area contributed by atoms with Crippen molar-refractivity contribution in [2.45, 2.75) is 19.5 Å². The minimum absolute atomic E-state index is 0.0512. The summed E-state index contributed by atoms with van der Waals surface area (Å²) in [4.78, 5) is 27.2. The van der Waals surface area contributed by atoms with Gasteiger partial charge in [-0.2, -0.15) is 0 Å². The predicted molar refractivity (Wildman–Crippen MR) is 111 cm³/mol. The molecule has 1 saturated heterocycles. The Balaban J connectivity index is 1.82. The second kappa shape index (κ2) is 8.47. The summed E-state index contributed by atoms with van der Waals surface area (Å²) in [7, 11) is 0. The van der Waals surface area contributed by atoms with Crippen molar-refractivity contribution in [3.05, 3.63) is 95.2 Å². The van der Waals surface area contributed by atoms with Gasteiger partial charge in [-0.05, 0) is 61.0 Å². The third-order valence-corrected chi connectivity index (χ3v) is 5.07. The van der Waals surface area contributed by atoms with Gasteiger partial charge in [-0.15, -0.1) is 0 Å². The Morgan fingerprint density at radius 1 is 1.10 bits per heavy atom. The lowest BCUT2D eigenvalue weighted by Crippen LogP contribution is -2.29. The number of furan rings is 1. The van der Waals surface area contributed by atoms with Crippen LogP contribution in [0.4, 0.5) is 4.39 Å². The number of ketones is 1. The van der Waals surface area contributed by atoms with Crippen LogP contribution >= 0.6 is 0 Å². The van der Waals surface area contributed by atoms with E-state index in [2.05, 4.69) is 0 Å². The Morgan fingerprint density at radius 2 is 1.81 bits per heavy atom. The molecule has 1 amide bonds. The largest absolute Gasteiger partial charge is 0.507 e. The zero-order valence-corrected chi connectivity index (χ0v) is 16.7. The number of Topliss-reactive ketones (excluding diaryl/α,β-unsaturated/α-hetero) is 1. The fraction of sp³-hybridized carbons (Fsp3) is 0.167. The van der Waals surface area contributed by atoms with Gasteiger partial charge in [0.2, 0.25) is 0 Å². The first-order valence-electron chi connectivity index (χ1n) is 9.79. The number of hydrogen-bond acceptors (Lipinski definition) is 5. The molecule has 1 aliphatic heterocycles. The molecule has 3 aromatic rings. The number of ether oxygens (including phenoxy) is 1. The van der Waals surface area contributed by atoms with Crippen LogP contribution in [0.25, 0.3) is 5.76 Å². The Hall–Kier alpha value is -3.87. The van der Waals surface area contributed by atoms with E-state index in [0.29, 0.717) is 23.7 Å². The van der Waals surface area contributed by atoms with Gasteiger partial charge in [0.05, 0.1) is 31.0 Å². The number of nitrogens with zero attached hydrogens (tertiary/aromatic N) is 1. The van der Waals surface area contributed by atoms with E-state index in [0.717, 1.165) is 0 Å². The Morgan fingerprint density at radius 3 is 2.42 bits per heavy atom. The zero-order valence-electron chi connectivity index (χ0n) is 16.7. The van der Waals surface area contributed by atoms with Crippen LogP contribution in [0.3, 0.4) is 0 Å². The van der Waals surface area contributed by atoms with Gasteiger partial charge in [-0.3, -0.25) is 9.59 Å². The second-order valence-corrected chi connectivity index (χ2v) is 7.02. The Kier molecular flexibility index (Phi) is 5.58. The summed E-state index contributed by atoms with van der Waals surface area (Å²) in [6, 6.07) is 14.6. The standard InChI is InChI=1S/C24H20FNO5/c1-2-30-18-11-7-15(8-12-18)21-20(22(27)16-5-9-17(25)10-6-16)23(28)24(29)26(21)14-19-4-3-13-31-19/h3-13,21,27H,2,14H2,1H3. The molecule has 1 aliphatic rings. The van der Waals surface area contributed by atoms with Gasteiger partial charge in [0, 0.05) is 5.56 Å². The number of hydrogen-bond donors (Lipinski definition) is 1. The molecule has 2 heterocycles. The molecule has 1 atom stereocenters. The molecular formula is C24H20FNO5. The van der Waals surface area contributed by atoms with Crippen molar-refractivity contribution >= 4 is 17.4 Å². The van der Waals surface area contributed by atoms with Gasteiger partial charge in [-0.1, -0.05) is 12.1 Å². The lowest BCUT2D eigenvalue weighted by molar-refractivity contribution is -0.140. The zero-order chi connectivity index (χ0) is 22.0. The fourth-order valence-corrected chi connectivity index (χ4v) is 3.64. The third-order valence-electron chi connectivity index (χ3n) is 5.07. The predicted octanol–water partition coefficient (Wildman–Crippen LogP) is 4.44. The molecule has 4 rings (SSSR count). The SMILES string of the molecule is CCOc1ccc(C2C(=C(O)c3ccc(F)cc3)C(=O)C(=O)N2Cc2ccco2)cc1. The molecule has 2 aromatic carbocycles. The average Bonchev–Trinajstić information content (AvgIpc) is 3.37. The van der Waals surface area contributed by atoms with Crippen molar-refractivity contribution in [2.24, 2.45) is 0 Å². The normalized spacial score (nSPS) is 17.9. The van der Waals surface area contributed by atoms with Gasteiger partial charge in [0.25, 0.3) is 11.7 Å². The molecule has 0 bridgehead atoms. The molecule has 1 fully saturated rings. The van der Waals surface area contributed by atoms with E-state index in [4.69, 9.17) is 9.15 Å². The first-order chi connectivity index (χ1) is 15.0. The number of carbonyl (C=O) groups excluding carboxylic acids is 2. The number of amides is 1. The van der Waals surface area contributed by atoms with E-state index < -0.39 is 23.5 Å². The molecule has 7 heteroatoms. The number of benzene rings is 2. The molecule has 1 aromatic heterocycles. The molecule has 6 nitrogen and oxygen atoms in total. The fourth-order valence-electron chi connectivity index (χ4n) is 3.64. The first-order valence-corrected chi connectivity index (χ1v) is 9.79. The lowest BCUT2D eigenvalue weighted by atomic mass is 9.95. The average molecular weight is 421 g/mol. The van der Waals surface area contributed by atoms with Crippen LogP contribution in [-0.4, -0.2) is 28.3 Å². The van der Waals surface area contributed by atoms with Gasteiger partial charge in [0.1, 0.15) is 23.1 Å². The highest BCUT2D eigenvalue weighted by molar-refractivity contribution is 6.46. The van der Waals surface area contributed by atoms with Gasteiger partial charge >= 0.3 is 0 Å². The first kappa shape index (κ1) is 20.4. The highest BCUT2D eigenvalue weighted by Crippen LogP contribution is 2.40. The summed E-state index contributed by atoms with van der Waals surface area (Å²) in [5.74, 6) is -1.25. The monoisotopic (exact) mass is 421 g/mol. The lowest BCUT2D eigenvalue weighted by Gasteiger charge is -2.24. The summed E-state index contributed by atoms with van der Waals surface area (Å²) >= 11 is 0. The number of carbonyl (C=O) groups is 2. The number of halogens is 1. The van der Waals surface area contributed by atoms with Crippen LogP contribution in [0.2, 0.25) is 0 Å². The maximum Gasteiger partial charge on any atom is 0.296 e. The van der Waals surface area contributed by atoms with Crippen molar-refractivity contribution in [1.82, 2.24) is 4.90 Å². The molecule has 1 N–H and O–H groups in total. The summed E-state index contributed by atoms with van der Waals surface area (Å²) in [6.07, 6.45) is 1.48. The molecule has 158 valence electrons. The second-order valence-electron chi connectivity index (χ2n) is 7.02. The van der Waals surface area contributed by atoms with Crippen molar-refractivity contribution < 1.29 is 28.2 Å². The van der Waals surface area contributed by atoms with Crippen LogP contribution in [-0.2, 0) is 16.1 Å². The number of aliphatic hydroxyl groups excluding tert-OH is 1. The Bertz CT molecular complexity index is 1120. The number of aliphatic hydroxyl groups is 1. The molecular weight excluding hydrogens is 401 g/mol. The smallest absolute Gasteiger partial charge is 0.296 e. The van der Waals surface area contributed by atoms with Crippen LogP contribution in [0.1, 0.15) is 29.9 Å². The topological polar surface area (TPSA) is 80.0 Å². The molecule has 1 unspecified atom stereocenters. The van der Waals surface area contributed by atoms with E-state index >= 15 is 0 Å². The highest BCUT2D eigenvalue weighted by Gasteiger charge is 2.46. The molecule has 0 spiro atoms. The van der Waals surface area contributed by atoms with Crippen LogP contribution in [0, 0.1) is 5.82 Å². The van der Waals surface area contributed by atoms with Gasteiger partial charge in [-0.25, -0.2) is 4.39 Å². The van der Waals surface area contributed by atoms with Crippen molar-refractivity contribution in [2.75, 3.05) is 6.61 Å². The summed E-state index contributed by atoms with van der Waals surface area (Å²) in [5.41, 5.74) is 0.804. The van der Waals surface area contributed by atoms with Crippen LogP contribution < -0.4 is 4.74 Å². The third kappa shape index (κ3) is 3.94. The van der Waals surface area contributed by atoms with E-state index in [1.807, 2.05) is 6.92 Å². The minimum atomic E-state index is -0.842. The summed E-state index contributed by atoms with van der Waals surface area (Å²) in [6.45, 7) is 2.42. The molecule has 0 saturated carbocycles. The van der Waals surface area contributed by atoms with E-state index in [1.165, 1.54) is 35.4 Å². The molecule has 0 aliphatic carbocycles. The van der Waals surface area contributed by atoms with Crippen LogP contribution in [0.15, 0.2) is 76.9 Å². The summed E-state index contributed by atoms with van der Waals surface area (Å²) in [5, 5.41) is 10.9. The van der Waals surface area contributed by atoms with Gasteiger partial charge in [0.15, 0.2) is 0 Å². The summed E-state index contributed by atoms with van der Waals surface area (Å²) < 4.78 is 24.2. The van der Waals surface area contributed by atoms with Gasteiger partial charge < -0.3 is 19.2 Å². The number of likely N-dealkylation sites (tertiary alicyclic amines) is 1. The minimum Gasteiger partial charge on any atom is -0.507 e. The van der Waals surface area contributed by atoms with Crippen molar-refractivity contribution in [3.63, 3.8) is 0 Å². The number of rotatable bonds is 6.